The first kappa shape index (κ1) is 15.7. The number of aromatic nitrogens is 1. The molecule has 5 nitrogen and oxygen atoms in total. The van der Waals surface area contributed by atoms with Crippen LogP contribution in [-0.4, -0.2) is 28.5 Å². The van der Waals surface area contributed by atoms with Crippen molar-refractivity contribution in [2.45, 2.75) is 38.1 Å². The molecule has 0 aliphatic heterocycles. The molecule has 0 spiro atoms. The van der Waals surface area contributed by atoms with E-state index in [0.29, 0.717) is 22.3 Å². The van der Waals surface area contributed by atoms with Crippen LogP contribution in [0.15, 0.2) is 18.3 Å². The zero-order valence-electron chi connectivity index (χ0n) is 12.4. The number of nitrogens with two attached hydrogens (primary N) is 1. The number of pyridine rings is 1. The number of carbonyl (C=O) groups excluding carboxylic acids is 1. The number of nitrogens with one attached hydrogen (secondary N) is 1. The lowest BCUT2D eigenvalue weighted by molar-refractivity contribution is 0.0897. The predicted molar refractivity (Wildman–Crippen MR) is 85.4 cm³/mol. The second-order valence-electron chi connectivity index (χ2n) is 5.64. The van der Waals surface area contributed by atoms with Gasteiger partial charge in [0.15, 0.2) is 0 Å². The standard InChI is InChI=1S/C15H21N3O2S/c1-10-5-7-15(8-6-10,14(16)21)18-12(19)11-4-3-9-17-13(11)20-2/h3-4,9-10H,5-8H2,1-2H3,(H2,16,21)(H,18,19). The molecule has 0 radical (unpaired) electrons. The third-order valence-corrected chi connectivity index (χ3v) is 4.55. The molecule has 1 aliphatic rings. The van der Waals surface area contributed by atoms with E-state index in [1.54, 1.807) is 18.3 Å². The maximum absolute atomic E-state index is 12.5. The smallest absolute Gasteiger partial charge is 0.257 e. The fraction of sp³-hybridized carbons (Fsp3) is 0.533. The Balaban J connectivity index is 2.21. The van der Waals surface area contributed by atoms with E-state index in [1.165, 1.54) is 7.11 Å². The van der Waals surface area contributed by atoms with Gasteiger partial charge >= 0.3 is 0 Å². The zero-order chi connectivity index (χ0) is 15.5. The first-order valence-electron chi connectivity index (χ1n) is 7.10. The third-order valence-electron chi connectivity index (χ3n) is 4.16. The van der Waals surface area contributed by atoms with Gasteiger partial charge in [0, 0.05) is 6.20 Å². The fourth-order valence-electron chi connectivity index (χ4n) is 2.70. The molecular weight excluding hydrogens is 286 g/mol. The highest BCUT2D eigenvalue weighted by Crippen LogP contribution is 2.32. The molecule has 1 aliphatic carbocycles. The van der Waals surface area contributed by atoms with Gasteiger partial charge in [-0.1, -0.05) is 19.1 Å². The summed E-state index contributed by atoms with van der Waals surface area (Å²) in [6, 6.07) is 3.38. The van der Waals surface area contributed by atoms with Gasteiger partial charge in [-0.2, -0.15) is 0 Å². The Morgan fingerprint density at radius 3 is 2.76 bits per heavy atom. The molecule has 1 heterocycles. The van der Waals surface area contributed by atoms with E-state index in [1.807, 2.05) is 0 Å². The van der Waals surface area contributed by atoms with E-state index < -0.39 is 5.54 Å². The molecule has 0 saturated heterocycles. The summed E-state index contributed by atoms with van der Waals surface area (Å²) in [5.41, 5.74) is 5.71. The zero-order valence-corrected chi connectivity index (χ0v) is 13.2. The van der Waals surface area contributed by atoms with Crippen LogP contribution in [0.3, 0.4) is 0 Å². The number of amides is 1. The maximum Gasteiger partial charge on any atom is 0.257 e. The summed E-state index contributed by atoms with van der Waals surface area (Å²) in [7, 11) is 1.49. The van der Waals surface area contributed by atoms with Crippen LogP contribution in [0.25, 0.3) is 0 Å². The lowest BCUT2D eigenvalue weighted by Gasteiger charge is -2.39. The Morgan fingerprint density at radius 2 is 2.19 bits per heavy atom. The summed E-state index contributed by atoms with van der Waals surface area (Å²) in [5.74, 6) is 0.692. The van der Waals surface area contributed by atoms with Gasteiger partial charge in [-0.3, -0.25) is 4.79 Å². The Morgan fingerprint density at radius 1 is 1.52 bits per heavy atom. The summed E-state index contributed by atoms with van der Waals surface area (Å²) < 4.78 is 5.13. The van der Waals surface area contributed by atoms with Crippen LogP contribution in [0.4, 0.5) is 0 Å². The monoisotopic (exact) mass is 307 g/mol. The normalized spacial score (nSPS) is 25.1. The maximum atomic E-state index is 12.5. The molecular formula is C15H21N3O2S. The molecule has 2 rings (SSSR count). The molecule has 1 aromatic heterocycles. The molecule has 0 aromatic carbocycles. The van der Waals surface area contributed by atoms with Crippen molar-refractivity contribution in [3.63, 3.8) is 0 Å². The fourth-order valence-corrected chi connectivity index (χ4v) is 2.95. The summed E-state index contributed by atoms with van der Waals surface area (Å²) in [4.78, 5) is 16.9. The summed E-state index contributed by atoms with van der Waals surface area (Å²) in [6.07, 6.45) is 5.14. The van der Waals surface area contributed by atoms with Crippen LogP contribution in [0.5, 0.6) is 5.88 Å². The summed E-state index contributed by atoms with van der Waals surface area (Å²) in [6.45, 7) is 2.20. The molecule has 0 unspecified atom stereocenters. The quantitative estimate of drug-likeness (QED) is 0.833. The molecule has 0 bridgehead atoms. The van der Waals surface area contributed by atoms with Crippen molar-refractivity contribution in [3.8, 4) is 5.88 Å². The SMILES string of the molecule is COc1ncccc1C(=O)NC1(C(N)=S)CCC(C)CC1. The highest BCUT2D eigenvalue weighted by Gasteiger charge is 2.38. The molecule has 3 N–H and O–H groups in total. The van der Waals surface area contributed by atoms with Crippen molar-refractivity contribution < 1.29 is 9.53 Å². The average molecular weight is 307 g/mol. The van der Waals surface area contributed by atoms with Gasteiger partial charge in [-0.15, -0.1) is 0 Å². The Kier molecular flexibility index (Phi) is 4.77. The van der Waals surface area contributed by atoms with Crippen LogP contribution in [0, 0.1) is 5.92 Å². The minimum Gasteiger partial charge on any atom is -0.480 e. The van der Waals surface area contributed by atoms with Crippen LogP contribution in [0.2, 0.25) is 0 Å². The van der Waals surface area contributed by atoms with Gasteiger partial charge in [-0.05, 0) is 43.7 Å². The van der Waals surface area contributed by atoms with Gasteiger partial charge < -0.3 is 15.8 Å². The number of nitrogens with zero attached hydrogens (tertiary/aromatic N) is 1. The lowest BCUT2D eigenvalue weighted by atomic mass is 9.77. The summed E-state index contributed by atoms with van der Waals surface area (Å²) in [5, 5.41) is 3.02. The Bertz CT molecular complexity index is 539. The number of hydrogen-bond acceptors (Lipinski definition) is 4. The Hall–Kier alpha value is -1.69. The highest BCUT2D eigenvalue weighted by atomic mass is 32.1. The topological polar surface area (TPSA) is 77.2 Å². The van der Waals surface area contributed by atoms with Crippen molar-refractivity contribution >= 4 is 23.1 Å². The number of rotatable bonds is 4. The molecule has 1 aromatic rings. The largest absolute Gasteiger partial charge is 0.480 e. The first-order valence-corrected chi connectivity index (χ1v) is 7.51. The lowest BCUT2D eigenvalue weighted by Crippen LogP contribution is -2.58. The van der Waals surface area contributed by atoms with Crippen molar-refractivity contribution in [1.82, 2.24) is 10.3 Å². The molecule has 114 valence electrons. The van der Waals surface area contributed by atoms with Crippen molar-refractivity contribution in [2.24, 2.45) is 11.7 Å². The van der Waals surface area contributed by atoms with Crippen molar-refractivity contribution in [1.29, 1.82) is 0 Å². The molecule has 21 heavy (non-hydrogen) atoms. The van der Waals surface area contributed by atoms with E-state index in [4.69, 9.17) is 22.7 Å². The Labute approximate surface area is 130 Å². The molecule has 1 fully saturated rings. The van der Waals surface area contributed by atoms with Crippen molar-refractivity contribution in [3.05, 3.63) is 23.9 Å². The minimum absolute atomic E-state index is 0.248. The number of thiocarbonyl (C=S) groups is 1. The molecule has 0 atom stereocenters. The van der Waals surface area contributed by atoms with Crippen LogP contribution < -0.4 is 15.8 Å². The average Bonchev–Trinajstić information content (AvgIpc) is 2.49. The number of hydrogen-bond donors (Lipinski definition) is 2. The van der Waals surface area contributed by atoms with Gasteiger partial charge in [0.25, 0.3) is 5.91 Å². The van der Waals surface area contributed by atoms with Gasteiger partial charge in [0.2, 0.25) is 5.88 Å². The van der Waals surface area contributed by atoms with Gasteiger partial charge in [0.05, 0.1) is 17.6 Å². The highest BCUT2D eigenvalue weighted by molar-refractivity contribution is 7.80. The molecule has 1 amide bonds. The van der Waals surface area contributed by atoms with E-state index in [9.17, 15) is 4.79 Å². The summed E-state index contributed by atoms with van der Waals surface area (Å²) >= 11 is 5.21. The predicted octanol–water partition coefficient (Wildman–Crippen LogP) is 2.05. The van der Waals surface area contributed by atoms with Crippen LogP contribution in [-0.2, 0) is 0 Å². The van der Waals surface area contributed by atoms with Gasteiger partial charge in [-0.25, -0.2) is 4.98 Å². The molecule has 1 saturated carbocycles. The van der Waals surface area contributed by atoms with E-state index >= 15 is 0 Å². The second-order valence-corrected chi connectivity index (χ2v) is 6.08. The molecule has 6 heteroatoms. The third kappa shape index (κ3) is 3.32. The number of carbonyl (C=O) groups is 1. The van der Waals surface area contributed by atoms with E-state index in [-0.39, 0.29) is 5.91 Å². The van der Waals surface area contributed by atoms with Gasteiger partial charge in [0.1, 0.15) is 5.56 Å². The van der Waals surface area contributed by atoms with E-state index in [2.05, 4.69) is 17.2 Å². The minimum atomic E-state index is -0.597. The van der Waals surface area contributed by atoms with Crippen LogP contribution >= 0.6 is 12.2 Å². The second kappa shape index (κ2) is 6.39. The van der Waals surface area contributed by atoms with E-state index in [0.717, 1.165) is 25.7 Å². The number of ether oxygens (including phenoxy) is 1. The van der Waals surface area contributed by atoms with Crippen LogP contribution in [0.1, 0.15) is 43.0 Å². The first-order chi connectivity index (χ1) is 9.98. The number of methoxy groups -OCH3 is 1. The van der Waals surface area contributed by atoms with Crippen molar-refractivity contribution in [2.75, 3.05) is 7.11 Å².